The number of urea groups is 1. The SMILES string of the molecule is CN(CCC(=O)O)C(=O)NC(CCc1ccccc1)c1ccccc1. The van der Waals surface area contributed by atoms with Crippen molar-refractivity contribution in [3.63, 3.8) is 0 Å². The van der Waals surface area contributed by atoms with Gasteiger partial charge in [-0.15, -0.1) is 0 Å². The van der Waals surface area contributed by atoms with Crippen LogP contribution in [0.5, 0.6) is 0 Å². The molecule has 0 aliphatic heterocycles. The Morgan fingerprint density at radius 2 is 1.64 bits per heavy atom. The summed E-state index contributed by atoms with van der Waals surface area (Å²) in [4.78, 5) is 24.5. The Kier molecular flexibility index (Phi) is 7.01. The fourth-order valence-electron chi connectivity index (χ4n) is 2.59. The van der Waals surface area contributed by atoms with E-state index in [4.69, 9.17) is 5.11 Å². The van der Waals surface area contributed by atoms with Crippen LogP contribution in [0, 0.1) is 0 Å². The number of carbonyl (C=O) groups is 2. The summed E-state index contributed by atoms with van der Waals surface area (Å²) in [5, 5.41) is 11.8. The molecule has 2 amide bonds. The lowest BCUT2D eigenvalue weighted by Gasteiger charge is -2.24. The molecular weight excluding hydrogens is 316 g/mol. The number of carbonyl (C=O) groups excluding carboxylic acids is 1. The maximum absolute atomic E-state index is 12.4. The predicted molar refractivity (Wildman–Crippen MR) is 97.4 cm³/mol. The standard InChI is InChI=1S/C20H24N2O3/c1-22(15-14-19(23)24)20(25)21-18(17-10-6-3-7-11-17)13-12-16-8-4-2-5-9-16/h2-11,18H,12-15H2,1H3,(H,21,25)(H,23,24). The van der Waals surface area contributed by atoms with Crippen LogP contribution >= 0.6 is 0 Å². The minimum Gasteiger partial charge on any atom is -0.481 e. The number of carboxylic acid groups (broad SMARTS) is 1. The normalized spacial score (nSPS) is 11.6. The summed E-state index contributed by atoms with van der Waals surface area (Å²) in [6.07, 6.45) is 1.55. The van der Waals surface area contributed by atoms with Crippen molar-refractivity contribution in [3.8, 4) is 0 Å². The van der Waals surface area contributed by atoms with Crippen LogP contribution in [0.4, 0.5) is 4.79 Å². The third-order valence-electron chi connectivity index (χ3n) is 4.07. The number of carboxylic acids is 1. The molecule has 1 atom stereocenters. The number of nitrogens with zero attached hydrogens (tertiary/aromatic N) is 1. The minimum atomic E-state index is -0.914. The second-order valence-electron chi connectivity index (χ2n) is 6.00. The fraction of sp³-hybridized carbons (Fsp3) is 0.300. The van der Waals surface area contributed by atoms with Crippen LogP contribution in [0.25, 0.3) is 0 Å². The van der Waals surface area contributed by atoms with Gasteiger partial charge in [0.1, 0.15) is 0 Å². The molecule has 2 rings (SSSR count). The van der Waals surface area contributed by atoms with Crippen LogP contribution in [-0.4, -0.2) is 35.6 Å². The van der Waals surface area contributed by atoms with Gasteiger partial charge in [0.15, 0.2) is 0 Å². The molecule has 0 aromatic heterocycles. The molecule has 2 aromatic carbocycles. The van der Waals surface area contributed by atoms with Gasteiger partial charge >= 0.3 is 12.0 Å². The van der Waals surface area contributed by atoms with Crippen LogP contribution in [0.15, 0.2) is 60.7 Å². The number of hydrogen-bond acceptors (Lipinski definition) is 2. The lowest BCUT2D eigenvalue weighted by atomic mass is 9.99. The summed E-state index contributed by atoms with van der Waals surface area (Å²) < 4.78 is 0. The molecule has 2 aromatic rings. The third-order valence-corrected chi connectivity index (χ3v) is 4.07. The van der Waals surface area contributed by atoms with Gasteiger partial charge in [-0.3, -0.25) is 4.79 Å². The maximum Gasteiger partial charge on any atom is 0.317 e. The monoisotopic (exact) mass is 340 g/mol. The largest absolute Gasteiger partial charge is 0.481 e. The lowest BCUT2D eigenvalue weighted by molar-refractivity contribution is -0.137. The zero-order chi connectivity index (χ0) is 18.1. The molecule has 1 unspecified atom stereocenters. The molecule has 0 radical (unpaired) electrons. The van der Waals surface area contributed by atoms with Gasteiger partial charge in [0.2, 0.25) is 0 Å². The first kappa shape index (κ1) is 18.5. The number of benzene rings is 2. The highest BCUT2D eigenvalue weighted by atomic mass is 16.4. The van der Waals surface area contributed by atoms with Crippen LogP contribution < -0.4 is 5.32 Å². The predicted octanol–water partition coefficient (Wildman–Crippen LogP) is 3.48. The smallest absolute Gasteiger partial charge is 0.317 e. The first-order chi connectivity index (χ1) is 12.1. The van der Waals surface area contributed by atoms with Gasteiger partial charge in [0.25, 0.3) is 0 Å². The molecule has 0 spiro atoms. The van der Waals surface area contributed by atoms with E-state index >= 15 is 0 Å². The number of rotatable bonds is 8. The average molecular weight is 340 g/mol. The van der Waals surface area contributed by atoms with Crippen molar-refractivity contribution in [3.05, 3.63) is 71.8 Å². The zero-order valence-electron chi connectivity index (χ0n) is 14.4. The lowest BCUT2D eigenvalue weighted by Crippen LogP contribution is -2.40. The first-order valence-corrected chi connectivity index (χ1v) is 8.38. The summed E-state index contributed by atoms with van der Waals surface area (Å²) in [6.45, 7) is 0.182. The van der Waals surface area contributed by atoms with E-state index in [-0.39, 0.29) is 25.0 Å². The van der Waals surface area contributed by atoms with Crippen LogP contribution in [0.1, 0.15) is 30.0 Å². The van der Waals surface area contributed by atoms with Crippen molar-refractivity contribution in [2.24, 2.45) is 0 Å². The molecule has 5 heteroatoms. The van der Waals surface area contributed by atoms with Gasteiger partial charge in [0.05, 0.1) is 12.5 Å². The van der Waals surface area contributed by atoms with E-state index in [0.717, 1.165) is 18.4 Å². The van der Waals surface area contributed by atoms with Crippen LogP contribution in [0.2, 0.25) is 0 Å². The van der Waals surface area contributed by atoms with Crippen molar-refractivity contribution in [1.82, 2.24) is 10.2 Å². The second kappa shape index (κ2) is 9.47. The molecule has 0 bridgehead atoms. The molecule has 5 nitrogen and oxygen atoms in total. The van der Waals surface area contributed by atoms with Crippen molar-refractivity contribution in [2.75, 3.05) is 13.6 Å². The summed E-state index contributed by atoms with van der Waals surface area (Å²) in [6, 6.07) is 19.6. The van der Waals surface area contributed by atoms with E-state index < -0.39 is 5.97 Å². The van der Waals surface area contributed by atoms with Gasteiger partial charge < -0.3 is 15.3 Å². The third kappa shape index (κ3) is 6.30. The van der Waals surface area contributed by atoms with Gasteiger partial charge in [0, 0.05) is 13.6 Å². The van der Waals surface area contributed by atoms with Crippen LogP contribution in [0.3, 0.4) is 0 Å². The molecule has 0 fully saturated rings. The van der Waals surface area contributed by atoms with Gasteiger partial charge in [-0.05, 0) is 24.0 Å². The molecule has 2 N–H and O–H groups in total. The van der Waals surface area contributed by atoms with E-state index in [1.54, 1.807) is 7.05 Å². The fourth-order valence-corrected chi connectivity index (χ4v) is 2.59. The second-order valence-corrected chi connectivity index (χ2v) is 6.00. The summed E-state index contributed by atoms with van der Waals surface area (Å²) in [5.74, 6) is -0.914. The highest BCUT2D eigenvalue weighted by molar-refractivity contribution is 5.75. The highest BCUT2D eigenvalue weighted by Gasteiger charge is 2.17. The summed E-state index contributed by atoms with van der Waals surface area (Å²) >= 11 is 0. The van der Waals surface area contributed by atoms with Crippen molar-refractivity contribution >= 4 is 12.0 Å². The Labute approximate surface area is 148 Å². The number of nitrogens with one attached hydrogen (secondary N) is 1. The van der Waals surface area contributed by atoms with E-state index in [2.05, 4.69) is 17.4 Å². The van der Waals surface area contributed by atoms with Crippen molar-refractivity contribution < 1.29 is 14.7 Å². The molecule has 132 valence electrons. The van der Waals surface area contributed by atoms with E-state index in [0.29, 0.717) is 0 Å². The quantitative estimate of drug-likeness (QED) is 0.773. The Morgan fingerprint density at radius 3 is 2.24 bits per heavy atom. The van der Waals surface area contributed by atoms with Crippen LogP contribution in [-0.2, 0) is 11.2 Å². The summed E-state index contributed by atoms with van der Waals surface area (Å²) in [7, 11) is 1.61. The Bertz CT molecular complexity index is 674. The van der Waals surface area contributed by atoms with Gasteiger partial charge in [-0.1, -0.05) is 60.7 Å². The average Bonchev–Trinajstić information content (AvgIpc) is 2.64. The molecule has 0 heterocycles. The molecule has 0 saturated carbocycles. The topological polar surface area (TPSA) is 69.6 Å². The maximum atomic E-state index is 12.4. The zero-order valence-corrected chi connectivity index (χ0v) is 14.4. The highest BCUT2D eigenvalue weighted by Crippen LogP contribution is 2.19. The van der Waals surface area contributed by atoms with E-state index in [1.807, 2.05) is 48.5 Å². The van der Waals surface area contributed by atoms with Crippen molar-refractivity contribution in [1.29, 1.82) is 0 Å². The molecule has 0 saturated heterocycles. The van der Waals surface area contributed by atoms with Gasteiger partial charge in [-0.2, -0.15) is 0 Å². The Morgan fingerprint density at radius 1 is 1.04 bits per heavy atom. The minimum absolute atomic E-state index is 0.0655. The Hall–Kier alpha value is -2.82. The van der Waals surface area contributed by atoms with E-state index in [1.165, 1.54) is 10.5 Å². The van der Waals surface area contributed by atoms with E-state index in [9.17, 15) is 9.59 Å². The molecular formula is C20H24N2O3. The Balaban J connectivity index is 2.01. The number of aliphatic carboxylic acids is 1. The molecule has 0 aliphatic rings. The summed E-state index contributed by atoms with van der Waals surface area (Å²) in [5.41, 5.74) is 2.26. The molecule has 25 heavy (non-hydrogen) atoms. The number of amides is 2. The van der Waals surface area contributed by atoms with Gasteiger partial charge in [-0.25, -0.2) is 4.79 Å². The number of aryl methyl sites for hydroxylation is 1. The number of hydrogen-bond donors (Lipinski definition) is 2. The first-order valence-electron chi connectivity index (χ1n) is 8.38. The molecule has 0 aliphatic carbocycles. The van der Waals surface area contributed by atoms with Crippen molar-refractivity contribution in [2.45, 2.75) is 25.3 Å².